The van der Waals surface area contributed by atoms with Crippen molar-refractivity contribution in [2.24, 2.45) is 0 Å². The van der Waals surface area contributed by atoms with E-state index in [1.165, 1.54) is 19.5 Å². The van der Waals surface area contributed by atoms with Crippen molar-refractivity contribution in [1.82, 2.24) is 18.5 Å². The maximum absolute atomic E-state index is 13.0. The molecule has 26 heavy (non-hydrogen) atoms. The fourth-order valence-electron chi connectivity index (χ4n) is 3.32. The molecule has 0 bridgehead atoms. The van der Waals surface area contributed by atoms with Crippen LogP contribution in [0.15, 0.2) is 58.4 Å². The van der Waals surface area contributed by atoms with Crippen molar-refractivity contribution in [1.29, 1.82) is 0 Å². The molecule has 8 heteroatoms. The first-order valence-corrected chi connectivity index (χ1v) is 10.1. The molecule has 2 aromatic heterocycles. The topological polar surface area (TPSA) is 76.7 Å². The monoisotopic (exact) mass is 372 g/mol. The van der Waals surface area contributed by atoms with Crippen molar-refractivity contribution in [3.8, 4) is 0 Å². The number of piperidine rings is 1. The van der Waals surface area contributed by atoms with E-state index in [2.05, 4.69) is 5.10 Å². The quantitative estimate of drug-likeness (QED) is 0.699. The third-order valence-electron chi connectivity index (χ3n) is 4.68. The number of hydrogen-bond acceptors (Lipinski definition) is 4. The van der Waals surface area contributed by atoms with Crippen LogP contribution < -0.4 is 5.69 Å². The molecule has 1 aliphatic heterocycles. The van der Waals surface area contributed by atoms with E-state index in [0.29, 0.717) is 19.6 Å². The number of sulfonamides is 1. The standard InChI is InChI=1S/C18H20N4O3S/c23-18-21-13-7-10-16(26(24,25)20-11-5-2-6-12-20)17(21)19-22(18)14-15-8-3-1-4-9-15/h1,3-4,7-10,13H,2,5-6,11-12,14H2. The van der Waals surface area contributed by atoms with Gasteiger partial charge in [-0.1, -0.05) is 36.8 Å². The lowest BCUT2D eigenvalue weighted by Gasteiger charge is -2.25. The average Bonchev–Trinajstić information content (AvgIpc) is 2.99. The summed E-state index contributed by atoms with van der Waals surface area (Å²) in [5, 5.41) is 4.33. The van der Waals surface area contributed by atoms with Gasteiger partial charge in [0.1, 0.15) is 4.90 Å². The molecule has 3 aromatic rings. The smallest absolute Gasteiger partial charge is 0.249 e. The van der Waals surface area contributed by atoms with E-state index in [1.807, 2.05) is 30.3 Å². The molecule has 4 rings (SSSR count). The van der Waals surface area contributed by atoms with Crippen molar-refractivity contribution in [3.63, 3.8) is 0 Å². The molecule has 0 unspecified atom stereocenters. The van der Waals surface area contributed by atoms with Gasteiger partial charge in [0.25, 0.3) is 0 Å². The Hall–Kier alpha value is -2.45. The number of nitrogens with zero attached hydrogens (tertiary/aromatic N) is 4. The van der Waals surface area contributed by atoms with Crippen molar-refractivity contribution >= 4 is 15.7 Å². The van der Waals surface area contributed by atoms with Gasteiger partial charge in [-0.05, 0) is 30.5 Å². The SMILES string of the molecule is O=c1n(Cc2ccccc2)nc2c(S(=O)(=O)N3CCCCC3)cccn12. The van der Waals surface area contributed by atoms with Crippen LogP contribution in [0.2, 0.25) is 0 Å². The van der Waals surface area contributed by atoms with E-state index < -0.39 is 10.0 Å². The summed E-state index contributed by atoms with van der Waals surface area (Å²) in [7, 11) is -3.67. The number of fused-ring (bicyclic) bond motifs is 1. The number of rotatable bonds is 4. The van der Waals surface area contributed by atoms with Crippen LogP contribution in [0.3, 0.4) is 0 Å². The fraction of sp³-hybridized carbons (Fsp3) is 0.333. The summed E-state index contributed by atoms with van der Waals surface area (Å²) in [4.78, 5) is 12.7. The summed E-state index contributed by atoms with van der Waals surface area (Å²) >= 11 is 0. The Morgan fingerprint density at radius 3 is 2.42 bits per heavy atom. The van der Waals surface area contributed by atoms with Crippen LogP contribution in [0.1, 0.15) is 24.8 Å². The minimum Gasteiger partial charge on any atom is -0.249 e. The predicted octanol–water partition coefficient (Wildman–Crippen LogP) is 1.72. The highest BCUT2D eigenvalue weighted by atomic mass is 32.2. The molecule has 0 aliphatic carbocycles. The van der Waals surface area contributed by atoms with Crippen molar-refractivity contribution in [2.45, 2.75) is 30.7 Å². The molecule has 1 aliphatic rings. The van der Waals surface area contributed by atoms with Gasteiger partial charge in [0.2, 0.25) is 10.0 Å². The molecular formula is C18H20N4O3S. The lowest BCUT2D eigenvalue weighted by Crippen LogP contribution is -2.35. The highest BCUT2D eigenvalue weighted by Crippen LogP contribution is 2.22. The van der Waals surface area contributed by atoms with Gasteiger partial charge in [-0.2, -0.15) is 4.31 Å². The Labute approximate surface area is 151 Å². The molecule has 0 amide bonds. The van der Waals surface area contributed by atoms with Gasteiger partial charge in [0.15, 0.2) is 5.65 Å². The molecule has 0 spiro atoms. The summed E-state index contributed by atoms with van der Waals surface area (Å²) in [5.74, 6) is 0. The zero-order chi connectivity index (χ0) is 18.1. The summed E-state index contributed by atoms with van der Waals surface area (Å²) in [6.45, 7) is 1.32. The molecule has 0 atom stereocenters. The second kappa shape index (κ2) is 6.69. The van der Waals surface area contributed by atoms with E-state index in [9.17, 15) is 13.2 Å². The number of benzene rings is 1. The normalized spacial score (nSPS) is 16.2. The molecule has 0 radical (unpaired) electrons. The van der Waals surface area contributed by atoms with Crippen LogP contribution in [0.4, 0.5) is 0 Å². The van der Waals surface area contributed by atoms with Crippen LogP contribution >= 0.6 is 0 Å². The lowest BCUT2D eigenvalue weighted by atomic mass is 10.2. The second-order valence-electron chi connectivity index (χ2n) is 6.46. The van der Waals surface area contributed by atoms with Gasteiger partial charge in [-0.3, -0.25) is 0 Å². The van der Waals surface area contributed by atoms with E-state index >= 15 is 0 Å². The second-order valence-corrected chi connectivity index (χ2v) is 8.36. The van der Waals surface area contributed by atoms with Gasteiger partial charge in [-0.25, -0.2) is 22.3 Å². The number of hydrogen-bond donors (Lipinski definition) is 0. The minimum absolute atomic E-state index is 0.0887. The largest absolute Gasteiger partial charge is 0.350 e. The maximum Gasteiger partial charge on any atom is 0.350 e. The van der Waals surface area contributed by atoms with E-state index in [-0.39, 0.29) is 16.2 Å². The molecule has 1 saturated heterocycles. The Kier molecular flexibility index (Phi) is 4.37. The van der Waals surface area contributed by atoms with Crippen LogP contribution in [-0.4, -0.2) is 40.0 Å². The lowest BCUT2D eigenvalue weighted by molar-refractivity contribution is 0.347. The van der Waals surface area contributed by atoms with E-state index in [4.69, 9.17) is 0 Å². The molecule has 1 fully saturated rings. The molecule has 136 valence electrons. The molecule has 0 saturated carbocycles. The van der Waals surface area contributed by atoms with Crippen LogP contribution in [0.25, 0.3) is 5.65 Å². The highest BCUT2D eigenvalue weighted by Gasteiger charge is 2.29. The predicted molar refractivity (Wildman–Crippen MR) is 97.6 cm³/mol. The average molecular weight is 372 g/mol. The van der Waals surface area contributed by atoms with Gasteiger partial charge >= 0.3 is 5.69 Å². The molecule has 1 aromatic carbocycles. The van der Waals surface area contributed by atoms with Crippen molar-refractivity contribution in [3.05, 3.63) is 64.7 Å². The molecular weight excluding hydrogens is 352 g/mol. The van der Waals surface area contributed by atoms with Gasteiger partial charge in [-0.15, -0.1) is 5.10 Å². The van der Waals surface area contributed by atoms with E-state index in [0.717, 1.165) is 24.8 Å². The Bertz CT molecular complexity index is 1080. The summed E-state index contributed by atoms with van der Waals surface area (Å²) in [5.41, 5.74) is 0.761. The van der Waals surface area contributed by atoms with Crippen molar-refractivity contribution < 1.29 is 8.42 Å². The molecule has 7 nitrogen and oxygen atoms in total. The highest BCUT2D eigenvalue weighted by molar-refractivity contribution is 7.89. The number of pyridine rings is 1. The Morgan fingerprint density at radius 2 is 1.69 bits per heavy atom. The van der Waals surface area contributed by atoms with Crippen LogP contribution in [0.5, 0.6) is 0 Å². The Balaban J connectivity index is 1.79. The first-order valence-electron chi connectivity index (χ1n) is 8.70. The summed E-state index contributed by atoms with van der Waals surface area (Å²) in [6.07, 6.45) is 4.32. The van der Waals surface area contributed by atoms with Crippen LogP contribution in [-0.2, 0) is 16.6 Å². The zero-order valence-corrected chi connectivity index (χ0v) is 15.1. The fourth-order valence-corrected chi connectivity index (χ4v) is 4.96. The third kappa shape index (κ3) is 2.95. The summed E-state index contributed by atoms with van der Waals surface area (Å²) in [6, 6.07) is 12.6. The van der Waals surface area contributed by atoms with Gasteiger partial charge in [0.05, 0.1) is 6.54 Å². The molecule has 3 heterocycles. The van der Waals surface area contributed by atoms with Gasteiger partial charge < -0.3 is 0 Å². The van der Waals surface area contributed by atoms with Crippen LogP contribution in [0, 0.1) is 0 Å². The Morgan fingerprint density at radius 1 is 0.962 bits per heavy atom. The zero-order valence-electron chi connectivity index (χ0n) is 14.3. The van der Waals surface area contributed by atoms with Crippen molar-refractivity contribution in [2.75, 3.05) is 13.1 Å². The number of aromatic nitrogens is 3. The minimum atomic E-state index is -3.67. The first-order chi connectivity index (χ1) is 12.6. The molecule has 0 N–H and O–H groups in total. The first kappa shape index (κ1) is 17.0. The van der Waals surface area contributed by atoms with Gasteiger partial charge in [0, 0.05) is 19.3 Å². The third-order valence-corrected chi connectivity index (χ3v) is 6.60. The summed E-state index contributed by atoms with van der Waals surface area (Å²) < 4.78 is 30.2. The maximum atomic E-state index is 13.0. The van der Waals surface area contributed by atoms with E-state index in [1.54, 1.807) is 12.3 Å².